The van der Waals surface area contributed by atoms with Crippen LogP contribution in [0.2, 0.25) is 10.0 Å². The van der Waals surface area contributed by atoms with Gasteiger partial charge in [-0.2, -0.15) is 0 Å². The summed E-state index contributed by atoms with van der Waals surface area (Å²) in [6.07, 6.45) is 3.28. The Hall–Kier alpha value is -2.83. The lowest BCUT2D eigenvalue weighted by atomic mass is 10.3. The number of hydrogen-bond donors (Lipinski definition) is 1. The first-order valence-corrected chi connectivity index (χ1v) is 8.12. The van der Waals surface area contributed by atoms with Gasteiger partial charge in [-0.1, -0.05) is 35.3 Å². The predicted molar refractivity (Wildman–Crippen MR) is 98.3 cm³/mol. The van der Waals surface area contributed by atoms with E-state index in [0.29, 0.717) is 33.0 Å². The highest BCUT2D eigenvalue weighted by Crippen LogP contribution is 2.20. The molecular formula is C17H11Cl2N5O. The van der Waals surface area contributed by atoms with E-state index in [0.717, 1.165) is 0 Å². The summed E-state index contributed by atoms with van der Waals surface area (Å²) in [5.74, 6) is 1.17. The van der Waals surface area contributed by atoms with E-state index in [1.807, 2.05) is 12.1 Å². The number of halogens is 2. The lowest BCUT2D eigenvalue weighted by Crippen LogP contribution is -2.17. The van der Waals surface area contributed by atoms with Crippen LogP contribution in [0.15, 0.2) is 65.7 Å². The topological polar surface area (TPSA) is 64.2 Å². The molecule has 0 aliphatic carbocycles. The van der Waals surface area contributed by atoms with Gasteiger partial charge in [-0.3, -0.25) is 4.79 Å². The van der Waals surface area contributed by atoms with Crippen LogP contribution in [-0.4, -0.2) is 19.2 Å². The van der Waals surface area contributed by atoms with Crippen molar-refractivity contribution < 1.29 is 0 Å². The highest BCUT2D eigenvalue weighted by molar-refractivity contribution is 6.32. The highest BCUT2D eigenvalue weighted by atomic mass is 35.5. The third kappa shape index (κ3) is 2.97. The van der Waals surface area contributed by atoms with Crippen LogP contribution in [0.3, 0.4) is 0 Å². The van der Waals surface area contributed by atoms with Crippen LogP contribution < -0.4 is 10.9 Å². The average molecular weight is 372 g/mol. The third-order valence-corrected chi connectivity index (χ3v) is 4.13. The van der Waals surface area contributed by atoms with Crippen LogP contribution in [0.25, 0.3) is 11.3 Å². The Morgan fingerprint density at radius 1 is 1.00 bits per heavy atom. The zero-order chi connectivity index (χ0) is 17.4. The summed E-state index contributed by atoms with van der Waals surface area (Å²) in [6.45, 7) is 0. The molecule has 0 spiro atoms. The van der Waals surface area contributed by atoms with Gasteiger partial charge in [0, 0.05) is 12.4 Å². The van der Waals surface area contributed by atoms with Gasteiger partial charge in [0.15, 0.2) is 5.65 Å². The van der Waals surface area contributed by atoms with Gasteiger partial charge in [0.05, 0.1) is 21.8 Å². The first kappa shape index (κ1) is 15.7. The molecule has 0 bridgehead atoms. The number of fused-ring (bicyclic) bond motifs is 1. The number of pyridine rings is 1. The molecule has 4 rings (SSSR count). The summed E-state index contributed by atoms with van der Waals surface area (Å²) in [6, 6.07) is 13.8. The van der Waals surface area contributed by atoms with E-state index in [2.05, 4.69) is 15.3 Å². The number of nitrogens with zero attached hydrogens (tertiary/aromatic N) is 4. The molecule has 1 N–H and O–H groups in total. The average Bonchev–Trinajstić information content (AvgIpc) is 2.92. The smallest absolute Gasteiger partial charge is 0.274 e. The van der Waals surface area contributed by atoms with E-state index in [-0.39, 0.29) is 5.56 Å². The van der Waals surface area contributed by atoms with E-state index in [1.54, 1.807) is 47.2 Å². The number of benzene rings is 1. The number of para-hydroxylation sites is 1. The zero-order valence-electron chi connectivity index (χ0n) is 12.7. The molecule has 0 atom stereocenters. The third-order valence-electron chi connectivity index (χ3n) is 3.58. The highest BCUT2D eigenvalue weighted by Gasteiger charge is 2.11. The van der Waals surface area contributed by atoms with E-state index >= 15 is 0 Å². The Labute approximate surface area is 152 Å². The van der Waals surface area contributed by atoms with Crippen molar-refractivity contribution in [3.63, 3.8) is 0 Å². The quantitative estimate of drug-likeness (QED) is 0.592. The standard InChI is InChI=1S/C17H11Cl2N5O/c18-11-5-6-14(20-10-11)21-15-7-8-23-16(22-15)9-17(25)24(23)13-4-2-1-3-12(13)19/h1-10H,(H,20,21,22). The Bertz CT molecular complexity index is 1120. The molecule has 8 heteroatoms. The maximum absolute atomic E-state index is 12.4. The van der Waals surface area contributed by atoms with Crippen LogP contribution in [0.1, 0.15) is 0 Å². The van der Waals surface area contributed by atoms with E-state index in [1.165, 1.54) is 10.7 Å². The summed E-state index contributed by atoms with van der Waals surface area (Å²) >= 11 is 12.0. The fourth-order valence-electron chi connectivity index (χ4n) is 2.48. The van der Waals surface area contributed by atoms with Crippen LogP contribution in [0, 0.1) is 0 Å². The van der Waals surface area contributed by atoms with Crippen molar-refractivity contribution in [3.05, 3.63) is 81.3 Å². The Morgan fingerprint density at radius 2 is 1.84 bits per heavy atom. The minimum atomic E-state index is -0.220. The van der Waals surface area contributed by atoms with Gasteiger partial charge < -0.3 is 5.32 Å². The van der Waals surface area contributed by atoms with Gasteiger partial charge in [-0.05, 0) is 30.3 Å². The summed E-state index contributed by atoms with van der Waals surface area (Å²) in [5, 5.41) is 4.11. The Balaban J connectivity index is 1.77. The summed E-state index contributed by atoms with van der Waals surface area (Å²) in [7, 11) is 0. The fourth-order valence-corrected chi connectivity index (χ4v) is 2.81. The lowest BCUT2D eigenvalue weighted by molar-refractivity contribution is 0.766. The molecule has 0 radical (unpaired) electrons. The molecule has 0 fully saturated rings. The van der Waals surface area contributed by atoms with Crippen molar-refractivity contribution in [2.45, 2.75) is 0 Å². The second-order valence-corrected chi connectivity index (χ2v) is 6.09. The van der Waals surface area contributed by atoms with Gasteiger partial charge in [-0.25, -0.2) is 19.2 Å². The molecule has 1 aromatic carbocycles. The number of aromatic nitrogens is 4. The fraction of sp³-hybridized carbons (Fsp3) is 0. The first-order chi connectivity index (χ1) is 12.1. The molecule has 0 unspecified atom stereocenters. The van der Waals surface area contributed by atoms with Gasteiger partial charge in [0.25, 0.3) is 5.56 Å². The van der Waals surface area contributed by atoms with E-state index in [4.69, 9.17) is 23.2 Å². The molecule has 25 heavy (non-hydrogen) atoms. The second kappa shape index (κ2) is 6.23. The summed E-state index contributed by atoms with van der Waals surface area (Å²) < 4.78 is 3.11. The van der Waals surface area contributed by atoms with Crippen molar-refractivity contribution in [2.75, 3.05) is 5.32 Å². The number of rotatable bonds is 3. The van der Waals surface area contributed by atoms with Crippen molar-refractivity contribution in [1.82, 2.24) is 19.2 Å². The molecule has 0 aliphatic rings. The number of nitrogens with one attached hydrogen (secondary N) is 1. The van der Waals surface area contributed by atoms with Gasteiger partial charge in [0.1, 0.15) is 11.6 Å². The van der Waals surface area contributed by atoms with Gasteiger partial charge in [-0.15, -0.1) is 0 Å². The zero-order valence-corrected chi connectivity index (χ0v) is 14.2. The van der Waals surface area contributed by atoms with E-state index in [9.17, 15) is 4.79 Å². The lowest BCUT2D eigenvalue weighted by Gasteiger charge is -2.09. The van der Waals surface area contributed by atoms with Crippen molar-refractivity contribution in [1.29, 1.82) is 0 Å². The molecule has 4 aromatic rings. The van der Waals surface area contributed by atoms with Crippen molar-refractivity contribution in [2.24, 2.45) is 0 Å². The van der Waals surface area contributed by atoms with Crippen LogP contribution in [-0.2, 0) is 0 Å². The monoisotopic (exact) mass is 371 g/mol. The maximum Gasteiger partial charge on any atom is 0.274 e. The minimum absolute atomic E-state index is 0.220. The second-order valence-electron chi connectivity index (χ2n) is 5.25. The minimum Gasteiger partial charge on any atom is -0.325 e. The molecule has 0 amide bonds. The first-order valence-electron chi connectivity index (χ1n) is 7.37. The van der Waals surface area contributed by atoms with Crippen molar-refractivity contribution >= 4 is 40.5 Å². The number of anilines is 2. The van der Waals surface area contributed by atoms with Gasteiger partial charge >= 0.3 is 0 Å². The Morgan fingerprint density at radius 3 is 2.60 bits per heavy atom. The SMILES string of the molecule is O=c1cc2nc(Nc3ccc(Cl)cn3)ccn2n1-c1ccccc1Cl. The molecule has 0 saturated carbocycles. The van der Waals surface area contributed by atoms with E-state index < -0.39 is 0 Å². The van der Waals surface area contributed by atoms with Crippen LogP contribution in [0.4, 0.5) is 11.6 Å². The number of hydrogen-bond acceptors (Lipinski definition) is 4. The summed E-state index contributed by atoms with van der Waals surface area (Å²) in [5.41, 5.74) is 0.863. The Kier molecular flexibility index (Phi) is 3.91. The molecule has 6 nitrogen and oxygen atoms in total. The molecule has 0 saturated heterocycles. The van der Waals surface area contributed by atoms with Crippen molar-refractivity contribution in [3.8, 4) is 5.69 Å². The molecule has 124 valence electrons. The van der Waals surface area contributed by atoms with Crippen LogP contribution in [0.5, 0.6) is 0 Å². The predicted octanol–water partition coefficient (Wildman–Crippen LogP) is 3.93. The molecular weight excluding hydrogens is 361 g/mol. The summed E-state index contributed by atoms with van der Waals surface area (Å²) in [4.78, 5) is 21.0. The maximum atomic E-state index is 12.4. The molecule has 3 heterocycles. The molecule has 0 aliphatic heterocycles. The molecule has 3 aromatic heterocycles. The van der Waals surface area contributed by atoms with Gasteiger partial charge in [0.2, 0.25) is 0 Å². The normalized spacial score (nSPS) is 11.0. The van der Waals surface area contributed by atoms with Crippen LogP contribution >= 0.6 is 23.2 Å². The largest absolute Gasteiger partial charge is 0.325 e.